The number of H-pyrrole nitrogens is 1. The van der Waals surface area contributed by atoms with Crippen LogP contribution in [0.4, 0.5) is 11.4 Å². The number of aromatic amines is 1. The number of rotatable bonds is 4. The average molecular weight is 348 g/mol. The Balaban J connectivity index is 1.85. The molecule has 130 valence electrons. The highest BCUT2D eigenvalue weighted by atomic mass is 16.2. The van der Waals surface area contributed by atoms with E-state index in [4.69, 9.17) is 0 Å². The molecule has 2 aromatic carbocycles. The van der Waals surface area contributed by atoms with Gasteiger partial charge in [0.15, 0.2) is 0 Å². The first-order chi connectivity index (χ1) is 12.5. The molecule has 7 heteroatoms. The number of aromatic nitrogens is 2. The van der Waals surface area contributed by atoms with Crippen molar-refractivity contribution in [3.05, 3.63) is 76.8 Å². The number of carbonyl (C=O) groups is 2. The van der Waals surface area contributed by atoms with E-state index in [1.54, 1.807) is 36.4 Å². The van der Waals surface area contributed by atoms with Crippen molar-refractivity contribution in [3.63, 3.8) is 0 Å². The van der Waals surface area contributed by atoms with Crippen molar-refractivity contribution in [2.45, 2.75) is 6.92 Å². The summed E-state index contributed by atoms with van der Waals surface area (Å²) in [5.74, 6) is -0.693. The zero-order chi connectivity index (χ0) is 18.5. The average Bonchev–Trinajstić information content (AvgIpc) is 2.61. The van der Waals surface area contributed by atoms with Crippen molar-refractivity contribution in [2.75, 3.05) is 10.6 Å². The molecule has 0 radical (unpaired) electrons. The maximum Gasteiger partial charge on any atom is 0.346 e. The minimum atomic E-state index is -0.608. The Hall–Kier alpha value is -3.74. The van der Waals surface area contributed by atoms with Gasteiger partial charge in [-0.3, -0.25) is 9.59 Å². The van der Waals surface area contributed by atoms with Crippen LogP contribution in [-0.4, -0.2) is 21.8 Å². The molecule has 0 saturated heterocycles. The number of carbonyl (C=O) groups excluding carboxylic acids is 2. The summed E-state index contributed by atoms with van der Waals surface area (Å²) in [6.07, 6.45) is 0. The number of hydrogen-bond donors (Lipinski definition) is 3. The second-order valence-corrected chi connectivity index (χ2v) is 5.57. The van der Waals surface area contributed by atoms with E-state index < -0.39 is 11.6 Å². The second kappa shape index (κ2) is 7.43. The van der Waals surface area contributed by atoms with Crippen LogP contribution in [0.2, 0.25) is 0 Å². The molecule has 0 aliphatic carbocycles. The molecule has 0 atom stereocenters. The number of nitrogens with zero attached hydrogens (tertiary/aromatic N) is 1. The highest BCUT2D eigenvalue weighted by molar-refractivity contribution is 6.03. The van der Waals surface area contributed by atoms with Crippen LogP contribution in [0.25, 0.3) is 11.3 Å². The molecule has 3 rings (SSSR count). The fourth-order valence-electron chi connectivity index (χ4n) is 2.41. The summed E-state index contributed by atoms with van der Waals surface area (Å²) in [7, 11) is 0. The van der Waals surface area contributed by atoms with Crippen LogP contribution in [0, 0.1) is 0 Å². The first-order valence-electron chi connectivity index (χ1n) is 7.87. The van der Waals surface area contributed by atoms with Gasteiger partial charge in [-0.05, 0) is 24.3 Å². The van der Waals surface area contributed by atoms with Gasteiger partial charge in [-0.15, -0.1) is 0 Å². The Bertz CT molecular complexity index is 1010. The SMILES string of the molecule is CC(=O)Nc1cccc(NC(=O)c2cc(-c3ccccc3)nc(=O)[nH]2)c1. The molecule has 1 aromatic heterocycles. The van der Waals surface area contributed by atoms with E-state index in [0.29, 0.717) is 17.1 Å². The van der Waals surface area contributed by atoms with E-state index in [0.717, 1.165) is 5.56 Å². The van der Waals surface area contributed by atoms with Gasteiger partial charge in [-0.25, -0.2) is 4.79 Å². The lowest BCUT2D eigenvalue weighted by atomic mass is 10.1. The van der Waals surface area contributed by atoms with E-state index in [2.05, 4.69) is 20.6 Å². The number of anilines is 2. The molecule has 0 bridgehead atoms. The summed E-state index contributed by atoms with van der Waals surface area (Å²) >= 11 is 0. The number of nitrogens with one attached hydrogen (secondary N) is 3. The van der Waals surface area contributed by atoms with Gasteiger partial charge in [0.25, 0.3) is 5.91 Å². The summed E-state index contributed by atoms with van der Waals surface area (Å²) in [6, 6.07) is 17.3. The zero-order valence-electron chi connectivity index (χ0n) is 13.9. The van der Waals surface area contributed by atoms with Crippen molar-refractivity contribution in [2.24, 2.45) is 0 Å². The standard InChI is InChI=1S/C19H16N4O3/c1-12(24)20-14-8-5-9-15(10-14)21-18(25)17-11-16(22-19(26)23-17)13-6-3-2-4-7-13/h2-11H,1H3,(H,20,24)(H,21,25)(H,22,23,26). The fraction of sp³-hybridized carbons (Fsp3) is 0.0526. The first kappa shape index (κ1) is 17.1. The highest BCUT2D eigenvalue weighted by Crippen LogP contribution is 2.18. The summed E-state index contributed by atoms with van der Waals surface area (Å²) < 4.78 is 0. The van der Waals surface area contributed by atoms with Crippen molar-refractivity contribution >= 4 is 23.2 Å². The van der Waals surface area contributed by atoms with Gasteiger partial charge in [-0.2, -0.15) is 4.98 Å². The summed E-state index contributed by atoms with van der Waals surface area (Å²) in [5, 5.41) is 5.33. The summed E-state index contributed by atoms with van der Waals surface area (Å²) in [6.45, 7) is 1.40. The third kappa shape index (κ3) is 4.21. The zero-order valence-corrected chi connectivity index (χ0v) is 13.9. The topological polar surface area (TPSA) is 104 Å². The molecule has 1 heterocycles. The molecule has 3 aromatic rings. The quantitative estimate of drug-likeness (QED) is 0.674. The van der Waals surface area contributed by atoms with Crippen molar-refractivity contribution in [1.29, 1.82) is 0 Å². The maximum atomic E-state index is 12.5. The van der Waals surface area contributed by atoms with Crippen LogP contribution in [-0.2, 0) is 4.79 Å². The van der Waals surface area contributed by atoms with Crippen LogP contribution in [0.5, 0.6) is 0 Å². The number of benzene rings is 2. The molecule has 0 spiro atoms. The highest BCUT2D eigenvalue weighted by Gasteiger charge is 2.11. The van der Waals surface area contributed by atoms with Gasteiger partial charge in [0.1, 0.15) is 5.69 Å². The fourth-order valence-corrected chi connectivity index (χ4v) is 2.41. The van der Waals surface area contributed by atoms with Crippen LogP contribution in [0.1, 0.15) is 17.4 Å². The van der Waals surface area contributed by atoms with Crippen molar-refractivity contribution in [1.82, 2.24) is 9.97 Å². The van der Waals surface area contributed by atoms with Gasteiger partial charge in [0.05, 0.1) is 5.69 Å². The first-order valence-corrected chi connectivity index (χ1v) is 7.87. The molecule has 26 heavy (non-hydrogen) atoms. The smallest absolute Gasteiger partial charge is 0.326 e. The lowest BCUT2D eigenvalue weighted by Gasteiger charge is -2.08. The van der Waals surface area contributed by atoms with Gasteiger partial charge >= 0.3 is 5.69 Å². The lowest BCUT2D eigenvalue weighted by molar-refractivity contribution is -0.114. The van der Waals surface area contributed by atoms with E-state index in [9.17, 15) is 14.4 Å². The predicted octanol–water partition coefficient (Wildman–Crippen LogP) is 2.65. The Labute approximate surface area is 149 Å². The van der Waals surface area contributed by atoms with Gasteiger partial charge in [0.2, 0.25) is 5.91 Å². The lowest BCUT2D eigenvalue weighted by Crippen LogP contribution is -2.21. The number of amides is 2. The van der Waals surface area contributed by atoms with Gasteiger partial charge in [-0.1, -0.05) is 36.4 Å². The van der Waals surface area contributed by atoms with E-state index in [1.165, 1.54) is 13.0 Å². The molecule has 0 aliphatic rings. The van der Waals surface area contributed by atoms with E-state index in [-0.39, 0.29) is 11.6 Å². The van der Waals surface area contributed by atoms with Gasteiger partial charge in [0, 0.05) is 23.9 Å². The third-order valence-corrected chi connectivity index (χ3v) is 3.50. The monoisotopic (exact) mass is 348 g/mol. The molecule has 2 amide bonds. The summed E-state index contributed by atoms with van der Waals surface area (Å²) in [4.78, 5) is 41.8. The Morgan fingerprint density at radius 2 is 1.62 bits per heavy atom. The van der Waals surface area contributed by atoms with E-state index in [1.807, 2.05) is 18.2 Å². The van der Waals surface area contributed by atoms with Crippen molar-refractivity contribution in [3.8, 4) is 11.3 Å². The molecule has 0 unspecified atom stereocenters. The van der Waals surface area contributed by atoms with E-state index >= 15 is 0 Å². The second-order valence-electron chi connectivity index (χ2n) is 5.57. The summed E-state index contributed by atoms with van der Waals surface area (Å²) in [5.41, 5.74) is 1.67. The van der Waals surface area contributed by atoms with Gasteiger partial charge < -0.3 is 15.6 Å². The normalized spacial score (nSPS) is 10.2. The Kier molecular flexibility index (Phi) is 4.89. The molecular formula is C19H16N4O3. The Morgan fingerprint density at radius 3 is 2.31 bits per heavy atom. The molecule has 0 aliphatic heterocycles. The van der Waals surface area contributed by atoms with Crippen LogP contribution < -0.4 is 16.3 Å². The van der Waals surface area contributed by atoms with Crippen LogP contribution in [0.3, 0.4) is 0 Å². The van der Waals surface area contributed by atoms with Crippen LogP contribution in [0.15, 0.2) is 65.5 Å². The number of hydrogen-bond acceptors (Lipinski definition) is 4. The molecule has 0 saturated carbocycles. The maximum absolute atomic E-state index is 12.5. The molecule has 7 nitrogen and oxygen atoms in total. The van der Waals surface area contributed by atoms with Crippen molar-refractivity contribution < 1.29 is 9.59 Å². The van der Waals surface area contributed by atoms with Crippen LogP contribution >= 0.6 is 0 Å². The molecule has 3 N–H and O–H groups in total. The minimum Gasteiger partial charge on any atom is -0.326 e. The minimum absolute atomic E-state index is 0.0915. The largest absolute Gasteiger partial charge is 0.346 e. The Morgan fingerprint density at radius 1 is 0.923 bits per heavy atom. The predicted molar refractivity (Wildman–Crippen MR) is 99.0 cm³/mol. The molecule has 0 fully saturated rings. The third-order valence-electron chi connectivity index (χ3n) is 3.50. The molecular weight excluding hydrogens is 332 g/mol.